The molecule has 0 fully saturated rings. The largest absolute Gasteiger partial charge is 0.344 e. The van der Waals surface area contributed by atoms with Gasteiger partial charge in [-0.15, -0.1) is 34.0 Å². The van der Waals surface area contributed by atoms with E-state index in [1.54, 1.807) is 0 Å². The Labute approximate surface area is 402 Å². The lowest BCUT2D eigenvalue weighted by atomic mass is 9.98. The molecule has 0 saturated carbocycles. The maximum absolute atomic E-state index is 5.52. The molecule has 318 valence electrons. The molecule has 68 heavy (non-hydrogen) atoms. The molecular formula is C61H36N4S3. The van der Waals surface area contributed by atoms with Crippen molar-refractivity contribution in [1.29, 1.82) is 0 Å². The van der Waals surface area contributed by atoms with Crippen LogP contribution in [-0.2, 0) is 0 Å². The van der Waals surface area contributed by atoms with Gasteiger partial charge in [0.25, 0.3) is 0 Å². The van der Waals surface area contributed by atoms with E-state index in [0.29, 0.717) is 5.84 Å². The van der Waals surface area contributed by atoms with Crippen molar-refractivity contribution in [3.63, 3.8) is 0 Å². The first-order chi connectivity index (χ1) is 33.6. The highest BCUT2D eigenvalue weighted by Gasteiger charge is 2.25. The number of aromatic nitrogens is 1. The van der Waals surface area contributed by atoms with Crippen LogP contribution < -0.4 is 5.32 Å². The van der Waals surface area contributed by atoms with Crippen molar-refractivity contribution < 1.29 is 0 Å². The van der Waals surface area contributed by atoms with Gasteiger partial charge in [0.1, 0.15) is 12.0 Å². The zero-order valence-corrected chi connectivity index (χ0v) is 38.7. The number of rotatable bonds is 5. The van der Waals surface area contributed by atoms with Crippen LogP contribution in [0.3, 0.4) is 0 Å². The number of amidine groups is 2. The minimum atomic E-state index is -0.368. The van der Waals surface area contributed by atoms with Crippen LogP contribution in [0.2, 0.25) is 0 Å². The smallest absolute Gasteiger partial charge is 0.159 e. The monoisotopic (exact) mass is 920 g/mol. The van der Waals surface area contributed by atoms with Gasteiger partial charge in [-0.25, -0.2) is 9.98 Å². The van der Waals surface area contributed by atoms with E-state index in [0.717, 1.165) is 39.3 Å². The summed E-state index contributed by atoms with van der Waals surface area (Å²) in [5, 5.41) is 16.4. The van der Waals surface area contributed by atoms with Crippen molar-refractivity contribution in [2.75, 3.05) is 0 Å². The standard InChI is InChI=1S/C61H36N4S3/c1-2-12-36-32-52-48(29-35(36)11-1)41-13-3-7-17-50(41)65(52)51-27-23-38(31-47(51)37-24-28-56-49(30-37)44-16-6-10-20-55(44)66-56)59-62-60(39-21-25-45-42-14-4-8-18-53(42)67-57(45)33-39)64-61(63-59)40-22-26-46-43-15-5-9-19-54(43)68-58(46)34-40/h1-34,60H,(H,62,63,64). The summed E-state index contributed by atoms with van der Waals surface area (Å²) in [7, 11) is 0. The molecule has 4 aromatic heterocycles. The maximum atomic E-state index is 5.52. The van der Waals surface area contributed by atoms with Crippen LogP contribution in [0.1, 0.15) is 22.9 Å². The fourth-order valence-corrected chi connectivity index (χ4v) is 14.0. The minimum Gasteiger partial charge on any atom is -0.344 e. The molecule has 15 rings (SSSR count). The zero-order chi connectivity index (χ0) is 44.5. The topological polar surface area (TPSA) is 41.7 Å². The normalized spacial score (nSPS) is 14.3. The van der Waals surface area contributed by atoms with Crippen LogP contribution >= 0.6 is 34.0 Å². The second-order valence-corrected chi connectivity index (χ2v) is 21.0. The van der Waals surface area contributed by atoms with E-state index in [4.69, 9.17) is 9.98 Å². The molecule has 1 atom stereocenters. The first-order valence-corrected chi connectivity index (χ1v) is 25.3. The van der Waals surface area contributed by atoms with Gasteiger partial charge in [0.05, 0.1) is 16.7 Å². The van der Waals surface area contributed by atoms with Crippen molar-refractivity contribution in [2.45, 2.75) is 6.17 Å². The average Bonchev–Trinajstić information content (AvgIpc) is 4.16. The summed E-state index contributed by atoms with van der Waals surface area (Å²) in [6.45, 7) is 0. The number of hydrogen-bond donors (Lipinski definition) is 1. The zero-order valence-electron chi connectivity index (χ0n) is 36.3. The molecule has 1 unspecified atom stereocenters. The molecule has 0 spiro atoms. The highest BCUT2D eigenvalue weighted by Crippen LogP contribution is 2.43. The molecule has 0 amide bonds. The van der Waals surface area contributed by atoms with Gasteiger partial charge >= 0.3 is 0 Å². The summed E-state index contributed by atoms with van der Waals surface area (Å²) in [5.74, 6) is 1.50. The predicted molar refractivity (Wildman–Crippen MR) is 294 cm³/mol. The van der Waals surface area contributed by atoms with Gasteiger partial charge in [0, 0.05) is 88.0 Å². The van der Waals surface area contributed by atoms with Crippen molar-refractivity contribution in [2.24, 2.45) is 9.98 Å². The molecule has 10 aromatic carbocycles. The molecule has 0 saturated heterocycles. The van der Waals surface area contributed by atoms with Crippen molar-refractivity contribution in [3.05, 3.63) is 223 Å². The van der Waals surface area contributed by atoms with Gasteiger partial charge in [-0.05, 0) is 101 Å². The Morgan fingerprint density at radius 2 is 0.956 bits per heavy atom. The Hall–Kier alpha value is -7.94. The van der Waals surface area contributed by atoms with Crippen LogP contribution in [0.4, 0.5) is 0 Å². The highest BCUT2D eigenvalue weighted by atomic mass is 32.1. The molecule has 0 bridgehead atoms. The maximum Gasteiger partial charge on any atom is 0.159 e. The lowest BCUT2D eigenvalue weighted by molar-refractivity contribution is 0.675. The van der Waals surface area contributed by atoms with E-state index in [-0.39, 0.29) is 6.17 Å². The van der Waals surface area contributed by atoms with Gasteiger partial charge in [-0.1, -0.05) is 127 Å². The Kier molecular flexibility index (Phi) is 8.30. The molecule has 1 N–H and O–H groups in total. The van der Waals surface area contributed by atoms with Gasteiger partial charge < -0.3 is 9.88 Å². The van der Waals surface area contributed by atoms with E-state index < -0.39 is 0 Å². The van der Waals surface area contributed by atoms with Gasteiger partial charge in [-0.3, -0.25) is 0 Å². The number of hydrogen-bond acceptors (Lipinski definition) is 6. The van der Waals surface area contributed by atoms with Crippen LogP contribution in [-0.4, -0.2) is 16.2 Å². The van der Waals surface area contributed by atoms with Crippen molar-refractivity contribution in [1.82, 2.24) is 9.88 Å². The molecule has 0 aliphatic carbocycles. The third-order valence-corrected chi connectivity index (χ3v) is 17.3. The van der Waals surface area contributed by atoms with Crippen LogP contribution in [0.15, 0.2) is 216 Å². The summed E-state index contributed by atoms with van der Waals surface area (Å²) in [4.78, 5) is 11.0. The summed E-state index contributed by atoms with van der Waals surface area (Å²) in [6, 6.07) is 75.8. The third kappa shape index (κ3) is 5.90. The SMILES string of the molecule is c1ccc2cc3c(cc2c1)c1ccccc1n3-c1ccc(C2=NC(c3ccc4c(c3)sc3ccccc34)NC(c3ccc4c(c3)sc3ccccc34)=N2)cc1-c1ccc2sc3ccccc3c2c1. The highest BCUT2D eigenvalue weighted by molar-refractivity contribution is 7.26. The Bertz CT molecular complexity index is 4500. The Morgan fingerprint density at radius 1 is 0.382 bits per heavy atom. The fraction of sp³-hybridized carbons (Fsp3) is 0.0164. The van der Waals surface area contributed by atoms with E-state index in [1.165, 1.54) is 93.1 Å². The lowest BCUT2D eigenvalue weighted by Gasteiger charge is -2.24. The first-order valence-electron chi connectivity index (χ1n) is 22.9. The van der Waals surface area contributed by atoms with Crippen molar-refractivity contribution >= 4 is 139 Å². The average molecular weight is 921 g/mol. The van der Waals surface area contributed by atoms with E-state index in [9.17, 15) is 0 Å². The molecule has 14 aromatic rings. The van der Waals surface area contributed by atoms with Crippen molar-refractivity contribution in [3.8, 4) is 16.8 Å². The second kappa shape index (κ2) is 14.8. The Morgan fingerprint density at radius 3 is 1.72 bits per heavy atom. The van der Waals surface area contributed by atoms with E-state index >= 15 is 0 Å². The quantitative estimate of drug-likeness (QED) is 0.184. The molecule has 5 heterocycles. The van der Waals surface area contributed by atoms with E-state index in [1.807, 2.05) is 34.0 Å². The van der Waals surface area contributed by atoms with Crippen LogP contribution in [0, 0.1) is 0 Å². The number of fused-ring (bicyclic) bond motifs is 13. The molecule has 4 nitrogen and oxygen atoms in total. The number of nitrogens with one attached hydrogen (secondary N) is 1. The molecule has 1 aliphatic heterocycles. The number of benzene rings is 10. The lowest BCUT2D eigenvalue weighted by Crippen LogP contribution is -2.33. The molecule has 7 heteroatoms. The van der Waals surface area contributed by atoms with Gasteiger partial charge in [0.15, 0.2) is 5.84 Å². The summed E-state index contributed by atoms with van der Waals surface area (Å²) in [6.07, 6.45) is -0.368. The number of thiophene rings is 3. The Balaban J connectivity index is 0.963. The molecular weight excluding hydrogens is 885 g/mol. The predicted octanol–water partition coefficient (Wildman–Crippen LogP) is 17.2. The first kappa shape index (κ1) is 38.2. The van der Waals surface area contributed by atoms with Gasteiger partial charge in [0.2, 0.25) is 0 Å². The fourth-order valence-electron chi connectivity index (χ4n) is 10.6. The van der Waals surface area contributed by atoms with Crippen LogP contribution in [0.5, 0.6) is 0 Å². The summed E-state index contributed by atoms with van der Waals surface area (Å²) in [5.41, 5.74) is 8.80. The van der Waals surface area contributed by atoms with Crippen LogP contribution in [0.25, 0.3) is 110 Å². The number of nitrogens with zero attached hydrogens (tertiary/aromatic N) is 3. The van der Waals surface area contributed by atoms with Gasteiger partial charge in [-0.2, -0.15) is 0 Å². The number of para-hydroxylation sites is 1. The van der Waals surface area contributed by atoms with E-state index in [2.05, 4.69) is 216 Å². The minimum absolute atomic E-state index is 0.368. The number of aliphatic imine (C=N–C) groups is 2. The summed E-state index contributed by atoms with van der Waals surface area (Å²) < 4.78 is 10.1. The molecule has 0 radical (unpaired) electrons. The second-order valence-electron chi connectivity index (χ2n) is 17.7. The molecule has 1 aliphatic rings. The summed E-state index contributed by atoms with van der Waals surface area (Å²) >= 11 is 5.51. The third-order valence-electron chi connectivity index (χ3n) is 13.8.